The normalized spacial score (nSPS) is 13.4. The van der Waals surface area contributed by atoms with E-state index in [-0.39, 0.29) is 24.2 Å². The fourth-order valence-corrected chi connectivity index (χ4v) is 5.51. The first-order valence-corrected chi connectivity index (χ1v) is 13.7. The number of carbonyl (C=O) groups excluding carboxylic acids is 4. The fourth-order valence-electron chi connectivity index (χ4n) is 4.65. The lowest BCUT2D eigenvalue weighted by molar-refractivity contribution is -0.118. The van der Waals surface area contributed by atoms with Crippen LogP contribution in [-0.2, 0) is 11.2 Å². The zero-order valence-corrected chi connectivity index (χ0v) is 22.6. The summed E-state index contributed by atoms with van der Waals surface area (Å²) in [5.74, 6) is 0.628. The van der Waals surface area contributed by atoms with E-state index in [0.717, 1.165) is 10.6 Å². The molecule has 2 aliphatic rings. The van der Waals surface area contributed by atoms with Gasteiger partial charge < -0.3 is 14.8 Å². The zero-order valence-electron chi connectivity index (χ0n) is 21.8. The van der Waals surface area contributed by atoms with Crippen LogP contribution in [-0.4, -0.2) is 57.4 Å². The molecule has 0 saturated carbocycles. The van der Waals surface area contributed by atoms with Crippen LogP contribution >= 0.6 is 11.8 Å². The summed E-state index contributed by atoms with van der Waals surface area (Å²) in [6.07, 6.45) is 0.415. The number of rotatable bonds is 9. The molecule has 41 heavy (non-hydrogen) atoms. The molecule has 0 saturated heterocycles. The quantitative estimate of drug-likeness (QED) is 0.183. The molecule has 3 amide bonds. The van der Waals surface area contributed by atoms with E-state index < -0.39 is 11.8 Å². The number of thioether (sulfide) groups is 1. The van der Waals surface area contributed by atoms with Gasteiger partial charge in [0.2, 0.25) is 12.7 Å². The smallest absolute Gasteiger partial charge is 0.266 e. The van der Waals surface area contributed by atoms with Gasteiger partial charge in [-0.25, -0.2) is 4.90 Å². The Kier molecular flexibility index (Phi) is 6.98. The van der Waals surface area contributed by atoms with E-state index in [4.69, 9.17) is 9.47 Å². The highest BCUT2D eigenvalue weighted by Crippen LogP contribution is 2.35. The average molecular weight is 570 g/mol. The molecular weight excluding hydrogens is 546 g/mol. The minimum Gasteiger partial charge on any atom is -0.454 e. The lowest BCUT2D eigenvalue weighted by atomic mass is 10.1. The molecule has 11 nitrogen and oxygen atoms in total. The minimum atomic E-state index is -0.423. The number of amides is 3. The summed E-state index contributed by atoms with van der Waals surface area (Å²) in [5, 5.41) is 11.9. The number of imide groups is 1. The molecule has 0 radical (unpaired) electrons. The first-order chi connectivity index (χ1) is 19.9. The Balaban J connectivity index is 1.22. The van der Waals surface area contributed by atoms with Gasteiger partial charge >= 0.3 is 0 Å². The molecule has 1 N–H and O–H groups in total. The molecule has 4 aromatic rings. The van der Waals surface area contributed by atoms with Gasteiger partial charge in [-0.05, 0) is 36.4 Å². The van der Waals surface area contributed by atoms with Gasteiger partial charge in [0.05, 0.1) is 28.3 Å². The van der Waals surface area contributed by atoms with Crippen LogP contribution in [0.5, 0.6) is 11.5 Å². The molecule has 3 heterocycles. The first-order valence-electron chi connectivity index (χ1n) is 12.7. The van der Waals surface area contributed by atoms with E-state index in [0.29, 0.717) is 57.8 Å². The lowest BCUT2D eigenvalue weighted by Gasteiger charge is -2.15. The molecule has 206 valence electrons. The number of fused-ring (bicyclic) bond motifs is 2. The Morgan fingerprint density at radius 2 is 1.66 bits per heavy atom. The van der Waals surface area contributed by atoms with Crippen LogP contribution in [0.4, 0.5) is 5.69 Å². The Morgan fingerprint density at radius 3 is 2.41 bits per heavy atom. The van der Waals surface area contributed by atoms with Crippen LogP contribution in [0.25, 0.3) is 5.69 Å². The maximum absolute atomic E-state index is 13.3. The van der Waals surface area contributed by atoms with Crippen molar-refractivity contribution in [2.24, 2.45) is 0 Å². The summed E-state index contributed by atoms with van der Waals surface area (Å²) in [6.45, 7) is 1.94. The Labute approximate surface area is 238 Å². The summed E-state index contributed by atoms with van der Waals surface area (Å²) in [5.41, 5.74) is 2.07. The third kappa shape index (κ3) is 5.05. The van der Waals surface area contributed by atoms with Crippen molar-refractivity contribution in [3.63, 3.8) is 0 Å². The SMILES string of the molecule is CC(=O)NCCc1nnc(SCC(=O)c2cccc(N3C(=O)c4ccccc4C3=O)c2)n1-c1ccc2c(c1)OCO2. The second-order valence-corrected chi connectivity index (χ2v) is 10.2. The number of hydrogen-bond donors (Lipinski definition) is 1. The van der Waals surface area contributed by atoms with E-state index in [1.165, 1.54) is 18.7 Å². The zero-order chi connectivity index (χ0) is 28.5. The van der Waals surface area contributed by atoms with Gasteiger partial charge in [-0.15, -0.1) is 10.2 Å². The van der Waals surface area contributed by atoms with E-state index in [2.05, 4.69) is 15.5 Å². The predicted octanol–water partition coefficient (Wildman–Crippen LogP) is 3.45. The number of nitrogens with one attached hydrogen (secondary N) is 1. The van der Waals surface area contributed by atoms with Gasteiger partial charge in [-0.3, -0.25) is 23.7 Å². The van der Waals surface area contributed by atoms with E-state index in [9.17, 15) is 19.2 Å². The second kappa shape index (κ2) is 10.9. The number of ether oxygens (including phenoxy) is 2. The van der Waals surface area contributed by atoms with Gasteiger partial charge in [-0.2, -0.15) is 0 Å². The summed E-state index contributed by atoms with van der Waals surface area (Å²) in [6, 6.07) is 18.6. The molecule has 0 unspecified atom stereocenters. The molecule has 0 atom stereocenters. The van der Waals surface area contributed by atoms with Crippen molar-refractivity contribution in [1.29, 1.82) is 0 Å². The van der Waals surface area contributed by atoms with Gasteiger partial charge in [0.25, 0.3) is 11.8 Å². The predicted molar refractivity (Wildman–Crippen MR) is 149 cm³/mol. The summed E-state index contributed by atoms with van der Waals surface area (Å²) < 4.78 is 12.8. The number of hydrogen-bond acceptors (Lipinski definition) is 9. The first kappa shape index (κ1) is 26.3. The average Bonchev–Trinajstić information content (AvgIpc) is 3.68. The van der Waals surface area contributed by atoms with Crippen LogP contribution in [0.1, 0.15) is 43.8 Å². The lowest BCUT2D eigenvalue weighted by Crippen LogP contribution is -2.29. The van der Waals surface area contributed by atoms with Gasteiger partial charge in [0.15, 0.2) is 22.4 Å². The third-order valence-electron chi connectivity index (χ3n) is 6.59. The van der Waals surface area contributed by atoms with E-state index >= 15 is 0 Å². The second-order valence-electron chi connectivity index (χ2n) is 9.26. The van der Waals surface area contributed by atoms with Crippen LogP contribution in [0.2, 0.25) is 0 Å². The highest BCUT2D eigenvalue weighted by Gasteiger charge is 2.36. The number of Topliss-reactive ketones (excluding diaryl/α,β-unsaturated/α-hetero) is 1. The van der Waals surface area contributed by atoms with E-state index in [1.54, 1.807) is 54.6 Å². The van der Waals surface area contributed by atoms with Crippen molar-refractivity contribution >= 4 is 41.0 Å². The summed E-state index contributed by atoms with van der Waals surface area (Å²) in [7, 11) is 0. The van der Waals surface area contributed by atoms with Crippen LogP contribution < -0.4 is 19.7 Å². The molecule has 0 aliphatic carbocycles. The van der Waals surface area contributed by atoms with Gasteiger partial charge in [-0.1, -0.05) is 36.0 Å². The van der Waals surface area contributed by atoms with Crippen molar-refractivity contribution in [3.8, 4) is 17.2 Å². The van der Waals surface area contributed by atoms with Crippen LogP contribution in [0.15, 0.2) is 71.9 Å². The summed E-state index contributed by atoms with van der Waals surface area (Å²) in [4.78, 5) is 51.6. The van der Waals surface area contributed by atoms with Crippen LogP contribution in [0, 0.1) is 0 Å². The van der Waals surface area contributed by atoms with Crippen LogP contribution in [0.3, 0.4) is 0 Å². The van der Waals surface area contributed by atoms with Crippen molar-refractivity contribution in [3.05, 3.63) is 89.2 Å². The largest absolute Gasteiger partial charge is 0.454 e. The third-order valence-corrected chi connectivity index (χ3v) is 7.52. The molecule has 0 spiro atoms. The number of anilines is 1. The van der Waals surface area contributed by atoms with Gasteiger partial charge in [0.1, 0.15) is 5.82 Å². The van der Waals surface area contributed by atoms with Crippen molar-refractivity contribution in [1.82, 2.24) is 20.1 Å². The highest BCUT2D eigenvalue weighted by molar-refractivity contribution is 7.99. The number of nitrogens with zero attached hydrogens (tertiary/aromatic N) is 4. The fraction of sp³-hybridized carbons (Fsp3) is 0.172. The number of carbonyl (C=O) groups is 4. The monoisotopic (exact) mass is 569 g/mol. The van der Waals surface area contributed by atoms with Crippen molar-refractivity contribution < 1.29 is 28.7 Å². The highest BCUT2D eigenvalue weighted by atomic mass is 32.2. The standard InChI is InChI=1S/C29H23N5O6S/c1-17(35)30-12-11-26-31-32-29(33(26)20-9-10-24-25(14-20)40-16-39-24)41-15-23(36)18-5-4-6-19(13-18)34-27(37)21-7-2-3-8-22(21)28(34)38/h2-10,13-14H,11-12,15-16H2,1H3,(H,30,35). The maximum atomic E-state index is 13.3. The molecular formula is C29H23N5O6S. The topological polar surface area (TPSA) is 133 Å². The molecule has 0 bridgehead atoms. The molecule has 6 rings (SSSR count). The maximum Gasteiger partial charge on any atom is 0.266 e. The molecule has 0 fully saturated rings. The van der Waals surface area contributed by atoms with Gasteiger partial charge in [0, 0.05) is 31.5 Å². The summed E-state index contributed by atoms with van der Waals surface area (Å²) >= 11 is 1.20. The number of ketones is 1. The number of aromatic nitrogens is 3. The molecule has 2 aliphatic heterocycles. The Hall–Kier alpha value is -4.97. The van der Waals surface area contributed by atoms with Crippen molar-refractivity contribution in [2.45, 2.75) is 18.5 Å². The Morgan fingerprint density at radius 1 is 0.902 bits per heavy atom. The minimum absolute atomic E-state index is 0.0277. The van der Waals surface area contributed by atoms with E-state index in [1.807, 2.05) is 16.7 Å². The molecule has 1 aromatic heterocycles. The Bertz CT molecular complexity index is 1680. The van der Waals surface area contributed by atoms with Crippen molar-refractivity contribution in [2.75, 3.05) is 24.0 Å². The number of benzene rings is 3. The molecule has 3 aromatic carbocycles. The molecule has 12 heteroatoms.